The van der Waals surface area contributed by atoms with E-state index in [4.69, 9.17) is 10.2 Å². The van der Waals surface area contributed by atoms with E-state index in [1.807, 2.05) is 32.3 Å². The van der Waals surface area contributed by atoms with Crippen LogP contribution in [0.25, 0.3) is 0 Å². The van der Waals surface area contributed by atoms with Crippen molar-refractivity contribution >= 4 is 5.69 Å². The minimum absolute atomic E-state index is 0.0236. The van der Waals surface area contributed by atoms with Gasteiger partial charge in [-0.2, -0.15) is 0 Å². The molecule has 2 rings (SSSR count). The quantitative estimate of drug-likeness (QED) is 0.896. The highest BCUT2D eigenvalue weighted by molar-refractivity contribution is 5.44. The van der Waals surface area contributed by atoms with Crippen LogP contribution in [0.1, 0.15) is 36.4 Å². The van der Waals surface area contributed by atoms with Crippen molar-refractivity contribution in [1.29, 1.82) is 0 Å². The minimum Gasteiger partial charge on any atom is -0.469 e. The van der Waals surface area contributed by atoms with E-state index in [2.05, 4.69) is 22.9 Å². The van der Waals surface area contributed by atoms with Gasteiger partial charge in [0.25, 0.3) is 0 Å². The lowest BCUT2D eigenvalue weighted by atomic mass is 10.1. The van der Waals surface area contributed by atoms with E-state index in [9.17, 15) is 0 Å². The summed E-state index contributed by atoms with van der Waals surface area (Å²) in [5.41, 5.74) is 9.17. The third-order valence-corrected chi connectivity index (χ3v) is 3.41. The third kappa shape index (κ3) is 3.15. The molecule has 0 aliphatic heterocycles. The fourth-order valence-electron chi connectivity index (χ4n) is 1.97. The molecule has 0 radical (unpaired) electrons. The second-order valence-corrected chi connectivity index (χ2v) is 4.81. The molecule has 0 spiro atoms. The highest BCUT2D eigenvalue weighted by Gasteiger charge is 2.09. The van der Waals surface area contributed by atoms with Gasteiger partial charge < -0.3 is 15.1 Å². The predicted octanol–water partition coefficient (Wildman–Crippen LogP) is 3.03. The number of aromatic nitrogens is 1. The van der Waals surface area contributed by atoms with E-state index < -0.39 is 0 Å². The first-order valence-corrected chi connectivity index (χ1v) is 6.57. The monoisotopic (exact) mass is 259 g/mol. The standard InChI is InChI=1S/C15H21N3O/c1-4-14(16)15-6-5-13(9-17-15)18(3)10-12-7-8-19-11(12)2/h5-9,14H,4,10,16H2,1-3H3/t14-/m1/s1. The van der Waals surface area contributed by atoms with Crippen LogP contribution in [0.3, 0.4) is 0 Å². The summed E-state index contributed by atoms with van der Waals surface area (Å²) in [4.78, 5) is 6.58. The van der Waals surface area contributed by atoms with Crippen molar-refractivity contribution in [3.05, 3.63) is 47.7 Å². The first-order chi connectivity index (χ1) is 9.11. The minimum atomic E-state index is 0.0236. The number of anilines is 1. The van der Waals surface area contributed by atoms with Crippen molar-refractivity contribution in [2.45, 2.75) is 32.9 Å². The van der Waals surface area contributed by atoms with Gasteiger partial charge in [-0.3, -0.25) is 4.98 Å². The van der Waals surface area contributed by atoms with Crippen molar-refractivity contribution in [1.82, 2.24) is 4.98 Å². The average molecular weight is 259 g/mol. The molecule has 102 valence electrons. The second-order valence-electron chi connectivity index (χ2n) is 4.81. The Bertz CT molecular complexity index is 518. The van der Waals surface area contributed by atoms with Gasteiger partial charge in [0, 0.05) is 25.2 Å². The lowest BCUT2D eigenvalue weighted by Gasteiger charge is -2.19. The van der Waals surface area contributed by atoms with Gasteiger partial charge in [-0.1, -0.05) is 6.92 Å². The molecule has 4 heteroatoms. The molecule has 4 nitrogen and oxygen atoms in total. The summed E-state index contributed by atoms with van der Waals surface area (Å²) < 4.78 is 5.31. The molecular formula is C15H21N3O. The summed E-state index contributed by atoms with van der Waals surface area (Å²) in [5, 5.41) is 0. The van der Waals surface area contributed by atoms with Crippen LogP contribution in [0.2, 0.25) is 0 Å². The summed E-state index contributed by atoms with van der Waals surface area (Å²) in [6.07, 6.45) is 4.50. The normalized spacial score (nSPS) is 12.4. The van der Waals surface area contributed by atoms with Gasteiger partial charge in [-0.15, -0.1) is 0 Å². The Labute approximate surface area is 114 Å². The Balaban J connectivity index is 2.07. The molecule has 2 aromatic rings. The van der Waals surface area contributed by atoms with Crippen LogP contribution in [-0.4, -0.2) is 12.0 Å². The molecule has 2 N–H and O–H groups in total. The van der Waals surface area contributed by atoms with Gasteiger partial charge >= 0.3 is 0 Å². The van der Waals surface area contributed by atoms with Crippen LogP contribution in [0, 0.1) is 6.92 Å². The SMILES string of the molecule is CC[C@@H](N)c1ccc(N(C)Cc2ccoc2C)cn1. The van der Waals surface area contributed by atoms with Crippen LogP contribution in [-0.2, 0) is 6.54 Å². The van der Waals surface area contributed by atoms with Crippen LogP contribution >= 0.6 is 0 Å². The predicted molar refractivity (Wildman–Crippen MR) is 77.0 cm³/mol. The number of aryl methyl sites for hydroxylation is 1. The maximum absolute atomic E-state index is 5.96. The summed E-state index contributed by atoms with van der Waals surface area (Å²) >= 11 is 0. The topological polar surface area (TPSA) is 55.3 Å². The summed E-state index contributed by atoms with van der Waals surface area (Å²) in [6, 6.07) is 6.09. The number of pyridine rings is 1. The van der Waals surface area contributed by atoms with Gasteiger partial charge in [0.15, 0.2) is 0 Å². The zero-order chi connectivity index (χ0) is 13.8. The van der Waals surface area contributed by atoms with E-state index >= 15 is 0 Å². The highest BCUT2D eigenvalue weighted by atomic mass is 16.3. The van der Waals surface area contributed by atoms with Gasteiger partial charge in [0.1, 0.15) is 5.76 Å². The third-order valence-electron chi connectivity index (χ3n) is 3.41. The number of nitrogens with zero attached hydrogens (tertiary/aromatic N) is 2. The molecule has 0 aromatic carbocycles. The number of hydrogen-bond donors (Lipinski definition) is 1. The fraction of sp³-hybridized carbons (Fsp3) is 0.400. The average Bonchev–Trinajstić information content (AvgIpc) is 2.83. The molecule has 0 aliphatic carbocycles. The number of hydrogen-bond acceptors (Lipinski definition) is 4. The van der Waals surface area contributed by atoms with Gasteiger partial charge in [-0.05, 0) is 31.5 Å². The second kappa shape index (κ2) is 5.89. The largest absolute Gasteiger partial charge is 0.469 e. The number of furan rings is 1. The summed E-state index contributed by atoms with van der Waals surface area (Å²) in [5.74, 6) is 0.962. The molecular weight excluding hydrogens is 238 g/mol. The van der Waals surface area contributed by atoms with Crippen molar-refractivity contribution in [3.63, 3.8) is 0 Å². The molecule has 0 unspecified atom stereocenters. The zero-order valence-corrected chi connectivity index (χ0v) is 11.8. The van der Waals surface area contributed by atoms with Crippen LogP contribution in [0.15, 0.2) is 35.1 Å². The maximum Gasteiger partial charge on any atom is 0.105 e. The van der Waals surface area contributed by atoms with Gasteiger partial charge in [0.05, 0.1) is 23.8 Å². The summed E-state index contributed by atoms with van der Waals surface area (Å²) in [7, 11) is 2.04. The van der Waals surface area contributed by atoms with E-state index in [0.717, 1.165) is 30.1 Å². The fourth-order valence-corrected chi connectivity index (χ4v) is 1.97. The highest BCUT2D eigenvalue weighted by Crippen LogP contribution is 2.19. The molecule has 2 heterocycles. The van der Waals surface area contributed by atoms with Crippen LogP contribution in [0.5, 0.6) is 0 Å². The van der Waals surface area contributed by atoms with Crippen molar-refractivity contribution in [2.24, 2.45) is 5.73 Å². The molecule has 19 heavy (non-hydrogen) atoms. The Morgan fingerprint density at radius 3 is 2.68 bits per heavy atom. The zero-order valence-electron chi connectivity index (χ0n) is 11.8. The Hall–Kier alpha value is -1.81. The number of nitrogens with two attached hydrogens (primary N) is 1. The Morgan fingerprint density at radius 2 is 2.16 bits per heavy atom. The van der Waals surface area contributed by atoms with Gasteiger partial charge in [0.2, 0.25) is 0 Å². The molecule has 0 bridgehead atoms. The molecule has 0 amide bonds. The first-order valence-electron chi connectivity index (χ1n) is 6.57. The smallest absolute Gasteiger partial charge is 0.105 e. The Morgan fingerprint density at radius 1 is 1.37 bits per heavy atom. The van der Waals surface area contributed by atoms with E-state index in [1.165, 1.54) is 5.56 Å². The van der Waals surface area contributed by atoms with E-state index in [-0.39, 0.29) is 6.04 Å². The number of rotatable bonds is 5. The Kier molecular flexibility index (Phi) is 4.22. The first kappa shape index (κ1) is 13.6. The molecule has 0 saturated carbocycles. The van der Waals surface area contributed by atoms with Crippen molar-refractivity contribution in [2.75, 3.05) is 11.9 Å². The van der Waals surface area contributed by atoms with Crippen molar-refractivity contribution < 1.29 is 4.42 Å². The van der Waals surface area contributed by atoms with Crippen LogP contribution in [0.4, 0.5) is 5.69 Å². The lowest BCUT2D eigenvalue weighted by molar-refractivity contribution is 0.529. The maximum atomic E-state index is 5.96. The molecule has 1 atom stereocenters. The molecule has 0 fully saturated rings. The molecule has 0 aliphatic rings. The van der Waals surface area contributed by atoms with E-state index in [1.54, 1.807) is 6.26 Å². The summed E-state index contributed by atoms with van der Waals surface area (Å²) in [6.45, 7) is 4.85. The lowest BCUT2D eigenvalue weighted by Crippen LogP contribution is -2.17. The molecule has 0 saturated heterocycles. The van der Waals surface area contributed by atoms with Crippen molar-refractivity contribution in [3.8, 4) is 0 Å². The molecule has 2 aromatic heterocycles. The van der Waals surface area contributed by atoms with Crippen LogP contribution < -0.4 is 10.6 Å². The van der Waals surface area contributed by atoms with Gasteiger partial charge in [-0.25, -0.2) is 0 Å². The van der Waals surface area contributed by atoms with E-state index in [0.29, 0.717) is 0 Å².